The summed E-state index contributed by atoms with van der Waals surface area (Å²) in [5, 5.41) is 2.70. The Hall–Kier alpha value is -3.16. The van der Waals surface area contributed by atoms with E-state index >= 15 is 0 Å². The molecule has 0 aromatic carbocycles. The van der Waals surface area contributed by atoms with E-state index < -0.39 is 0 Å². The zero-order chi connectivity index (χ0) is 17.3. The molecule has 3 aromatic heterocycles. The summed E-state index contributed by atoms with van der Waals surface area (Å²) in [7, 11) is 0. The Balaban J connectivity index is 1.79. The molecule has 0 saturated heterocycles. The Bertz CT molecular complexity index is 882. The number of hydrogen-bond donors (Lipinski definition) is 1. The first-order valence-electron chi connectivity index (χ1n) is 7.40. The maximum absolute atomic E-state index is 12.1. The van der Waals surface area contributed by atoms with Gasteiger partial charge >= 0.3 is 0 Å². The number of nitrogens with zero attached hydrogens (tertiary/aromatic N) is 6. The highest BCUT2D eigenvalue weighted by atomic mass is 16.1. The molecule has 122 valence electrons. The van der Waals surface area contributed by atoms with E-state index in [9.17, 15) is 4.79 Å². The number of aryl methyl sites for hydroxylation is 3. The highest BCUT2D eigenvalue weighted by molar-refractivity contribution is 6.02. The van der Waals surface area contributed by atoms with Crippen LogP contribution in [0.2, 0.25) is 0 Å². The van der Waals surface area contributed by atoms with Crippen LogP contribution >= 0.6 is 0 Å². The molecular weight excluding hydrogens is 306 g/mol. The fourth-order valence-corrected chi connectivity index (χ4v) is 2.28. The molecule has 8 heteroatoms. The fraction of sp³-hybridized carbons (Fsp3) is 0.250. The van der Waals surface area contributed by atoms with Gasteiger partial charge in [-0.1, -0.05) is 0 Å². The Morgan fingerprint density at radius 3 is 2.21 bits per heavy atom. The van der Waals surface area contributed by atoms with Gasteiger partial charge in [0.05, 0.1) is 35.7 Å². The minimum Gasteiger partial charge on any atom is -0.318 e. The lowest BCUT2D eigenvalue weighted by atomic mass is 10.4. The van der Waals surface area contributed by atoms with Gasteiger partial charge in [0, 0.05) is 11.9 Å². The summed E-state index contributed by atoms with van der Waals surface area (Å²) in [6.45, 7) is 7.61. The van der Waals surface area contributed by atoms with Gasteiger partial charge in [-0.05, 0) is 27.7 Å². The van der Waals surface area contributed by atoms with Crippen LogP contribution in [0, 0.1) is 27.7 Å². The highest BCUT2D eigenvalue weighted by Gasteiger charge is 2.12. The summed E-state index contributed by atoms with van der Waals surface area (Å²) in [6.07, 6.45) is 6.08. The van der Waals surface area contributed by atoms with Gasteiger partial charge in [0.25, 0.3) is 5.91 Å². The Kier molecular flexibility index (Phi) is 4.03. The summed E-state index contributed by atoms with van der Waals surface area (Å²) >= 11 is 0. The van der Waals surface area contributed by atoms with Gasteiger partial charge in [-0.2, -0.15) is 0 Å². The molecule has 3 heterocycles. The van der Waals surface area contributed by atoms with E-state index in [1.165, 1.54) is 6.20 Å². The van der Waals surface area contributed by atoms with Crippen LogP contribution in [0.5, 0.6) is 0 Å². The fourth-order valence-electron chi connectivity index (χ4n) is 2.28. The van der Waals surface area contributed by atoms with E-state index in [-0.39, 0.29) is 11.6 Å². The second-order valence-corrected chi connectivity index (χ2v) is 5.43. The van der Waals surface area contributed by atoms with E-state index in [2.05, 4.69) is 30.2 Å². The SMILES string of the molecule is Cc1cnc(C(=O)Nc2cnc(-n3c(C)nc(C)c3C)nc2)cn1. The van der Waals surface area contributed by atoms with Gasteiger partial charge in [-0.15, -0.1) is 0 Å². The molecular formula is C16H17N7O. The van der Waals surface area contributed by atoms with Crippen LogP contribution < -0.4 is 5.32 Å². The van der Waals surface area contributed by atoms with Crippen molar-refractivity contribution in [1.82, 2.24) is 29.5 Å². The molecule has 0 aliphatic rings. The van der Waals surface area contributed by atoms with Crippen molar-refractivity contribution >= 4 is 11.6 Å². The van der Waals surface area contributed by atoms with Crippen LogP contribution in [0.3, 0.4) is 0 Å². The highest BCUT2D eigenvalue weighted by Crippen LogP contribution is 2.15. The molecule has 0 unspecified atom stereocenters. The number of imidazole rings is 1. The van der Waals surface area contributed by atoms with Crippen LogP contribution in [0.4, 0.5) is 5.69 Å². The third-order valence-corrected chi connectivity index (χ3v) is 3.62. The number of carbonyl (C=O) groups excluding carboxylic acids is 1. The first-order valence-corrected chi connectivity index (χ1v) is 7.40. The average Bonchev–Trinajstić information content (AvgIpc) is 2.81. The van der Waals surface area contributed by atoms with Crippen LogP contribution in [0.1, 0.15) is 33.4 Å². The first-order chi connectivity index (χ1) is 11.5. The normalized spacial score (nSPS) is 10.7. The van der Waals surface area contributed by atoms with E-state index in [0.29, 0.717) is 11.6 Å². The van der Waals surface area contributed by atoms with E-state index in [0.717, 1.165) is 22.9 Å². The number of anilines is 1. The summed E-state index contributed by atoms with van der Waals surface area (Å²) in [5.74, 6) is 0.972. The molecule has 3 aromatic rings. The van der Waals surface area contributed by atoms with Crippen molar-refractivity contribution in [2.75, 3.05) is 5.32 Å². The molecule has 0 atom stereocenters. The monoisotopic (exact) mass is 323 g/mol. The quantitative estimate of drug-likeness (QED) is 0.791. The summed E-state index contributed by atoms with van der Waals surface area (Å²) in [5.41, 5.74) is 3.39. The molecule has 0 aliphatic heterocycles. The van der Waals surface area contributed by atoms with Crippen molar-refractivity contribution < 1.29 is 4.79 Å². The number of nitrogens with one attached hydrogen (secondary N) is 1. The predicted octanol–water partition coefficient (Wildman–Crippen LogP) is 1.94. The van der Waals surface area contributed by atoms with Crippen molar-refractivity contribution in [3.05, 3.63) is 53.4 Å². The minimum absolute atomic E-state index is 0.238. The minimum atomic E-state index is -0.357. The van der Waals surface area contributed by atoms with Crippen LogP contribution in [0.25, 0.3) is 5.95 Å². The zero-order valence-electron chi connectivity index (χ0n) is 13.9. The molecule has 3 rings (SSSR count). The number of carbonyl (C=O) groups is 1. The lowest BCUT2D eigenvalue weighted by Gasteiger charge is -2.08. The molecule has 8 nitrogen and oxygen atoms in total. The first kappa shape index (κ1) is 15.7. The Labute approximate surface area is 139 Å². The van der Waals surface area contributed by atoms with Crippen molar-refractivity contribution in [1.29, 1.82) is 0 Å². The third-order valence-electron chi connectivity index (χ3n) is 3.62. The number of aromatic nitrogens is 6. The van der Waals surface area contributed by atoms with Gasteiger partial charge in [0.15, 0.2) is 0 Å². The topological polar surface area (TPSA) is 98.5 Å². The van der Waals surface area contributed by atoms with Crippen molar-refractivity contribution in [3.63, 3.8) is 0 Å². The standard InChI is InChI=1S/C16H17N7O/c1-9-5-18-14(8-17-9)15(24)22-13-6-19-16(20-7-13)23-11(3)10(2)21-12(23)4/h5-8H,1-4H3,(H,22,24). The maximum atomic E-state index is 12.1. The smallest absolute Gasteiger partial charge is 0.275 e. The van der Waals surface area contributed by atoms with Gasteiger partial charge in [0.2, 0.25) is 5.95 Å². The molecule has 0 aliphatic carbocycles. The largest absolute Gasteiger partial charge is 0.318 e. The average molecular weight is 323 g/mol. The number of rotatable bonds is 3. The van der Waals surface area contributed by atoms with E-state index in [1.807, 2.05) is 32.3 Å². The Morgan fingerprint density at radius 1 is 0.958 bits per heavy atom. The molecule has 24 heavy (non-hydrogen) atoms. The maximum Gasteiger partial charge on any atom is 0.275 e. The van der Waals surface area contributed by atoms with Crippen LogP contribution in [0.15, 0.2) is 24.8 Å². The van der Waals surface area contributed by atoms with Crippen LogP contribution in [-0.2, 0) is 0 Å². The molecule has 0 bridgehead atoms. The number of hydrogen-bond acceptors (Lipinski definition) is 6. The third kappa shape index (κ3) is 2.98. The van der Waals surface area contributed by atoms with Gasteiger partial charge in [-0.3, -0.25) is 14.3 Å². The molecule has 1 amide bonds. The predicted molar refractivity (Wildman–Crippen MR) is 88.1 cm³/mol. The van der Waals surface area contributed by atoms with E-state index in [4.69, 9.17) is 0 Å². The summed E-state index contributed by atoms with van der Waals surface area (Å²) < 4.78 is 1.87. The Morgan fingerprint density at radius 2 is 1.67 bits per heavy atom. The van der Waals surface area contributed by atoms with Gasteiger partial charge in [-0.25, -0.2) is 19.9 Å². The van der Waals surface area contributed by atoms with Crippen molar-refractivity contribution in [2.24, 2.45) is 0 Å². The molecule has 1 N–H and O–H groups in total. The second kappa shape index (κ2) is 6.15. The van der Waals surface area contributed by atoms with Crippen molar-refractivity contribution in [2.45, 2.75) is 27.7 Å². The molecule has 0 saturated carbocycles. The van der Waals surface area contributed by atoms with Crippen LogP contribution in [-0.4, -0.2) is 35.4 Å². The summed E-state index contributed by atoms with van der Waals surface area (Å²) in [4.78, 5) is 33.2. The zero-order valence-corrected chi connectivity index (χ0v) is 13.9. The second-order valence-electron chi connectivity index (χ2n) is 5.43. The lowest BCUT2D eigenvalue weighted by molar-refractivity contribution is 0.102. The van der Waals surface area contributed by atoms with E-state index in [1.54, 1.807) is 18.6 Å². The molecule has 0 fully saturated rings. The van der Waals surface area contributed by atoms with Crippen molar-refractivity contribution in [3.8, 4) is 5.95 Å². The summed E-state index contributed by atoms with van der Waals surface area (Å²) in [6, 6.07) is 0. The molecule has 0 radical (unpaired) electrons. The molecule has 0 spiro atoms. The number of amides is 1. The lowest BCUT2D eigenvalue weighted by Crippen LogP contribution is -2.15. The van der Waals surface area contributed by atoms with Gasteiger partial charge < -0.3 is 5.32 Å². The van der Waals surface area contributed by atoms with Gasteiger partial charge in [0.1, 0.15) is 11.5 Å².